The molecule has 3 aromatic rings. The minimum absolute atomic E-state index is 0.0174. The van der Waals surface area contributed by atoms with Crippen LogP contribution in [-0.2, 0) is 11.8 Å². The van der Waals surface area contributed by atoms with Crippen LogP contribution in [0.2, 0.25) is 0 Å². The molecule has 0 spiro atoms. The van der Waals surface area contributed by atoms with E-state index in [-0.39, 0.29) is 10.3 Å². The molecule has 7 heteroatoms. The van der Waals surface area contributed by atoms with Crippen molar-refractivity contribution in [3.63, 3.8) is 0 Å². The van der Waals surface area contributed by atoms with Gasteiger partial charge in [-0.05, 0) is 18.4 Å². The minimum Gasteiger partial charge on any atom is -0.477 e. The number of carboxylic acids is 1. The quantitative estimate of drug-likeness (QED) is 0.735. The Balaban J connectivity index is 2.17. The van der Waals surface area contributed by atoms with Crippen LogP contribution in [0.25, 0.3) is 21.5 Å². The number of anilines is 1. The number of fused-ring (bicyclic) bond motifs is 2. The number of carboxylic acid groups (broad SMARTS) is 1. The molecule has 0 aliphatic heterocycles. The lowest BCUT2D eigenvalue weighted by Gasteiger charge is -2.18. The number of aromatic carboxylic acids is 1. The number of pyridine rings is 1. The van der Waals surface area contributed by atoms with Crippen molar-refractivity contribution in [2.24, 2.45) is 0 Å². The highest BCUT2D eigenvalue weighted by Crippen LogP contribution is 2.48. The van der Waals surface area contributed by atoms with E-state index >= 15 is 0 Å². The second kappa shape index (κ2) is 4.75. The molecule has 3 heterocycles. The van der Waals surface area contributed by atoms with Crippen LogP contribution in [0, 0.1) is 0 Å². The molecule has 1 aliphatic rings. The third kappa shape index (κ3) is 2.00. The molecule has 0 saturated carbocycles. The molecule has 4 rings (SSSR count). The predicted octanol–water partition coefficient (Wildman–Crippen LogP) is 3.92. The number of hydrogen-bond acceptors (Lipinski definition) is 6. The molecule has 0 amide bonds. The van der Waals surface area contributed by atoms with E-state index < -0.39 is 5.97 Å². The number of rotatable bonds is 2. The summed E-state index contributed by atoms with van der Waals surface area (Å²) < 4.78 is 0. The molecule has 0 bridgehead atoms. The zero-order valence-corrected chi connectivity index (χ0v) is 14.3. The van der Waals surface area contributed by atoms with Crippen LogP contribution >= 0.6 is 22.7 Å². The minimum atomic E-state index is -1.01. The molecule has 118 valence electrons. The van der Waals surface area contributed by atoms with Crippen LogP contribution < -0.4 is 5.73 Å². The van der Waals surface area contributed by atoms with Crippen molar-refractivity contribution >= 4 is 44.5 Å². The van der Waals surface area contributed by atoms with Crippen molar-refractivity contribution in [1.82, 2.24) is 9.97 Å². The van der Waals surface area contributed by atoms with Crippen molar-refractivity contribution in [2.45, 2.75) is 32.1 Å². The summed E-state index contributed by atoms with van der Waals surface area (Å²) in [5, 5.41) is 12.1. The second-order valence-electron chi connectivity index (χ2n) is 6.40. The normalized spacial score (nSPS) is 15.9. The predicted molar refractivity (Wildman–Crippen MR) is 93.4 cm³/mol. The molecule has 0 radical (unpaired) electrons. The number of nitrogen functional groups attached to an aromatic ring is 1. The number of carbonyl (C=O) groups is 1. The summed E-state index contributed by atoms with van der Waals surface area (Å²) in [5.74, 6) is -1.01. The highest BCUT2D eigenvalue weighted by molar-refractivity contribution is 7.21. The van der Waals surface area contributed by atoms with Gasteiger partial charge >= 0.3 is 5.97 Å². The fourth-order valence-corrected chi connectivity index (χ4v) is 4.81. The molecule has 0 unspecified atom stereocenters. The molecule has 23 heavy (non-hydrogen) atoms. The molecule has 3 N–H and O–H groups in total. The van der Waals surface area contributed by atoms with Gasteiger partial charge in [0.05, 0.1) is 22.6 Å². The lowest BCUT2D eigenvalue weighted by atomic mass is 9.89. The SMILES string of the molecule is CC1(C)CCc2c1nc1sc(C(=O)O)c(N)c1c2-c1cscn1. The average molecular weight is 345 g/mol. The summed E-state index contributed by atoms with van der Waals surface area (Å²) in [4.78, 5) is 21.6. The number of nitrogens with zero attached hydrogens (tertiary/aromatic N) is 2. The van der Waals surface area contributed by atoms with Gasteiger partial charge in [0, 0.05) is 21.7 Å². The Hall–Kier alpha value is -1.99. The summed E-state index contributed by atoms with van der Waals surface area (Å²) >= 11 is 2.67. The van der Waals surface area contributed by atoms with Crippen LogP contribution in [0.3, 0.4) is 0 Å². The Bertz CT molecular complexity index is 942. The summed E-state index contributed by atoms with van der Waals surface area (Å²) in [6.07, 6.45) is 1.94. The topological polar surface area (TPSA) is 89.1 Å². The Morgan fingerprint density at radius 2 is 2.22 bits per heavy atom. The van der Waals surface area contributed by atoms with Gasteiger partial charge in [0.25, 0.3) is 0 Å². The average Bonchev–Trinajstić information content (AvgIpc) is 3.18. The lowest BCUT2D eigenvalue weighted by Crippen LogP contribution is -2.14. The third-order valence-corrected chi connectivity index (χ3v) is 6.18. The van der Waals surface area contributed by atoms with Gasteiger partial charge in [0.1, 0.15) is 9.71 Å². The summed E-state index contributed by atoms with van der Waals surface area (Å²) in [6, 6.07) is 0. The van der Waals surface area contributed by atoms with Crippen LogP contribution in [0.4, 0.5) is 5.69 Å². The first kappa shape index (κ1) is 14.6. The van der Waals surface area contributed by atoms with Crippen LogP contribution in [0.15, 0.2) is 10.9 Å². The van der Waals surface area contributed by atoms with Gasteiger partial charge in [-0.25, -0.2) is 14.8 Å². The van der Waals surface area contributed by atoms with Crippen molar-refractivity contribution in [1.29, 1.82) is 0 Å². The van der Waals surface area contributed by atoms with E-state index in [0.29, 0.717) is 10.5 Å². The van der Waals surface area contributed by atoms with Gasteiger partial charge in [-0.1, -0.05) is 13.8 Å². The van der Waals surface area contributed by atoms with E-state index in [1.807, 2.05) is 5.38 Å². The Labute approximate surface area is 140 Å². The zero-order chi connectivity index (χ0) is 16.4. The van der Waals surface area contributed by atoms with E-state index in [4.69, 9.17) is 10.7 Å². The van der Waals surface area contributed by atoms with Crippen molar-refractivity contribution in [2.75, 3.05) is 5.73 Å². The number of thiophene rings is 1. The van der Waals surface area contributed by atoms with E-state index in [0.717, 1.165) is 52.1 Å². The van der Waals surface area contributed by atoms with Gasteiger partial charge < -0.3 is 10.8 Å². The lowest BCUT2D eigenvalue weighted by molar-refractivity contribution is 0.0703. The molecular weight excluding hydrogens is 330 g/mol. The molecule has 5 nitrogen and oxygen atoms in total. The molecule has 0 fully saturated rings. The zero-order valence-electron chi connectivity index (χ0n) is 12.7. The fraction of sp³-hybridized carbons (Fsp3) is 0.312. The molecule has 0 atom stereocenters. The Morgan fingerprint density at radius 3 is 2.87 bits per heavy atom. The first-order valence-corrected chi connectivity index (χ1v) is 9.03. The van der Waals surface area contributed by atoms with Crippen LogP contribution in [0.5, 0.6) is 0 Å². The first-order chi connectivity index (χ1) is 10.9. The van der Waals surface area contributed by atoms with E-state index in [1.165, 1.54) is 11.3 Å². The molecule has 1 aliphatic carbocycles. The third-order valence-electron chi connectivity index (χ3n) is 4.50. The maximum atomic E-state index is 11.5. The fourth-order valence-electron chi connectivity index (χ4n) is 3.33. The maximum Gasteiger partial charge on any atom is 0.348 e. The second-order valence-corrected chi connectivity index (χ2v) is 8.12. The Kier molecular flexibility index (Phi) is 3.01. The van der Waals surface area contributed by atoms with E-state index in [1.54, 1.807) is 5.51 Å². The molecule has 3 aromatic heterocycles. The van der Waals surface area contributed by atoms with Gasteiger partial charge in [0.15, 0.2) is 0 Å². The van der Waals surface area contributed by atoms with Crippen LogP contribution in [-0.4, -0.2) is 21.0 Å². The standard InChI is InChI=1S/C16H15N3O2S2/c1-16(2)4-3-7-9(8-5-22-6-18-8)10-11(17)12(15(20)21)23-14(10)19-13(7)16/h5-6H,3-4,17H2,1-2H3,(H,20,21). The van der Waals surface area contributed by atoms with Crippen molar-refractivity contribution in [3.8, 4) is 11.3 Å². The smallest absolute Gasteiger partial charge is 0.348 e. The van der Waals surface area contributed by atoms with Gasteiger partial charge in [-0.15, -0.1) is 22.7 Å². The number of thiazole rings is 1. The Morgan fingerprint density at radius 1 is 1.43 bits per heavy atom. The van der Waals surface area contributed by atoms with Gasteiger partial charge in [-0.2, -0.15) is 0 Å². The maximum absolute atomic E-state index is 11.5. The molecular formula is C16H15N3O2S2. The molecule has 0 saturated heterocycles. The van der Waals surface area contributed by atoms with Crippen molar-refractivity contribution in [3.05, 3.63) is 27.0 Å². The van der Waals surface area contributed by atoms with E-state index in [2.05, 4.69) is 18.8 Å². The summed E-state index contributed by atoms with van der Waals surface area (Å²) in [5.41, 5.74) is 12.3. The number of aromatic nitrogens is 2. The highest BCUT2D eigenvalue weighted by Gasteiger charge is 2.36. The van der Waals surface area contributed by atoms with Gasteiger partial charge in [-0.3, -0.25) is 0 Å². The van der Waals surface area contributed by atoms with Gasteiger partial charge in [0.2, 0.25) is 0 Å². The summed E-state index contributed by atoms with van der Waals surface area (Å²) in [7, 11) is 0. The van der Waals surface area contributed by atoms with Crippen LogP contribution in [0.1, 0.15) is 41.2 Å². The largest absolute Gasteiger partial charge is 0.477 e. The molecule has 0 aromatic carbocycles. The number of nitrogens with two attached hydrogens (primary N) is 1. The van der Waals surface area contributed by atoms with E-state index in [9.17, 15) is 9.90 Å². The monoisotopic (exact) mass is 345 g/mol. The first-order valence-electron chi connectivity index (χ1n) is 7.27. The summed E-state index contributed by atoms with van der Waals surface area (Å²) in [6.45, 7) is 4.36. The highest BCUT2D eigenvalue weighted by atomic mass is 32.1. The number of hydrogen-bond donors (Lipinski definition) is 2. The van der Waals surface area contributed by atoms with Crippen molar-refractivity contribution < 1.29 is 9.90 Å².